The van der Waals surface area contributed by atoms with E-state index in [1.165, 1.54) is 0 Å². The molecule has 0 radical (unpaired) electrons. The predicted octanol–water partition coefficient (Wildman–Crippen LogP) is 1.47. The molecular formula is C14H20N2O4. The molecule has 0 aliphatic carbocycles. The van der Waals surface area contributed by atoms with Crippen molar-refractivity contribution in [2.75, 3.05) is 13.2 Å². The molecule has 0 bridgehead atoms. The molecular weight excluding hydrogens is 260 g/mol. The lowest BCUT2D eigenvalue weighted by Gasteiger charge is -2.18. The summed E-state index contributed by atoms with van der Waals surface area (Å²) in [5, 5.41) is 13.9. The molecule has 2 amide bonds. The third kappa shape index (κ3) is 5.60. The first-order chi connectivity index (χ1) is 9.50. The van der Waals surface area contributed by atoms with Crippen LogP contribution >= 0.6 is 0 Å². The highest BCUT2D eigenvalue weighted by atomic mass is 16.5. The average molecular weight is 280 g/mol. The van der Waals surface area contributed by atoms with Gasteiger partial charge in [-0.3, -0.25) is 0 Å². The zero-order valence-electron chi connectivity index (χ0n) is 11.6. The van der Waals surface area contributed by atoms with Gasteiger partial charge in [-0.05, 0) is 18.1 Å². The van der Waals surface area contributed by atoms with Crippen molar-refractivity contribution in [1.29, 1.82) is 0 Å². The first-order valence-corrected chi connectivity index (χ1v) is 6.45. The summed E-state index contributed by atoms with van der Waals surface area (Å²) < 4.78 is 5.40. The van der Waals surface area contributed by atoms with Crippen LogP contribution in [0.5, 0.6) is 5.75 Å². The van der Waals surface area contributed by atoms with E-state index in [1.54, 1.807) is 13.8 Å². The average Bonchev–Trinajstić information content (AvgIpc) is 2.41. The molecule has 0 spiro atoms. The van der Waals surface area contributed by atoms with Gasteiger partial charge in [-0.25, -0.2) is 9.59 Å². The summed E-state index contributed by atoms with van der Waals surface area (Å²) in [6.07, 6.45) is 0. The van der Waals surface area contributed by atoms with Gasteiger partial charge >= 0.3 is 12.0 Å². The van der Waals surface area contributed by atoms with Crippen LogP contribution in [0, 0.1) is 5.92 Å². The number of ether oxygens (including phenoxy) is 1. The van der Waals surface area contributed by atoms with Crippen molar-refractivity contribution >= 4 is 12.0 Å². The molecule has 1 aromatic carbocycles. The highest BCUT2D eigenvalue weighted by Gasteiger charge is 2.22. The maximum absolute atomic E-state index is 11.5. The Hall–Kier alpha value is -2.24. The van der Waals surface area contributed by atoms with Gasteiger partial charge in [-0.1, -0.05) is 32.0 Å². The minimum absolute atomic E-state index is 0.182. The zero-order valence-corrected chi connectivity index (χ0v) is 11.6. The molecule has 0 saturated carbocycles. The van der Waals surface area contributed by atoms with Gasteiger partial charge in [-0.15, -0.1) is 0 Å². The number of aliphatic carboxylic acids is 1. The van der Waals surface area contributed by atoms with Crippen LogP contribution in [-0.4, -0.2) is 36.3 Å². The molecule has 1 aromatic rings. The number of para-hydroxylation sites is 1. The second-order valence-electron chi connectivity index (χ2n) is 4.62. The summed E-state index contributed by atoms with van der Waals surface area (Å²) in [5.41, 5.74) is 0. The monoisotopic (exact) mass is 280 g/mol. The van der Waals surface area contributed by atoms with Crippen LogP contribution in [0.1, 0.15) is 13.8 Å². The van der Waals surface area contributed by atoms with Crippen LogP contribution in [0.2, 0.25) is 0 Å². The molecule has 0 aliphatic rings. The lowest BCUT2D eigenvalue weighted by Crippen LogP contribution is -2.49. The maximum atomic E-state index is 11.5. The largest absolute Gasteiger partial charge is 0.492 e. The Balaban J connectivity index is 2.24. The van der Waals surface area contributed by atoms with Crippen molar-refractivity contribution in [1.82, 2.24) is 10.6 Å². The Morgan fingerprint density at radius 1 is 1.25 bits per heavy atom. The van der Waals surface area contributed by atoms with E-state index in [-0.39, 0.29) is 5.92 Å². The minimum Gasteiger partial charge on any atom is -0.492 e. The number of rotatable bonds is 7. The number of carbonyl (C=O) groups is 2. The lowest BCUT2D eigenvalue weighted by molar-refractivity contribution is -0.140. The first kappa shape index (κ1) is 15.8. The third-order valence-corrected chi connectivity index (χ3v) is 2.62. The van der Waals surface area contributed by atoms with Gasteiger partial charge in [-0.2, -0.15) is 0 Å². The fraction of sp³-hybridized carbons (Fsp3) is 0.429. The number of benzene rings is 1. The van der Waals surface area contributed by atoms with Crippen LogP contribution in [0.3, 0.4) is 0 Å². The number of amides is 2. The third-order valence-electron chi connectivity index (χ3n) is 2.62. The quantitative estimate of drug-likeness (QED) is 0.660. The van der Waals surface area contributed by atoms with E-state index in [9.17, 15) is 9.59 Å². The molecule has 6 heteroatoms. The second kappa shape index (κ2) is 8.04. The Kier molecular flexibility index (Phi) is 6.36. The van der Waals surface area contributed by atoms with E-state index in [2.05, 4.69) is 10.6 Å². The van der Waals surface area contributed by atoms with E-state index in [0.29, 0.717) is 13.2 Å². The van der Waals surface area contributed by atoms with Crippen LogP contribution < -0.4 is 15.4 Å². The van der Waals surface area contributed by atoms with Crippen molar-refractivity contribution < 1.29 is 19.4 Å². The lowest BCUT2D eigenvalue weighted by atomic mass is 10.1. The number of urea groups is 1. The van der Waals surface area contributed by atoms with Gasteiger partial charge in [0.05, 0.1) is 6.54 Å². The molecule has 0 fully saturated rings. The van der Waals surface area contributed by atoms with Gasteiger partial charge in [0, 0.05) is 0 Å². The predicted molar refractivity (Wildman–Crippen MR) is 74.7 cm³/mol. The van der Waals surface area contributed by atoms with Crippen molar-refractivity contribution in [2.24, 2.45) is 5.92 Å². The second-order valence-corrected chi connectivity index (χ2v) is 4.62. The van der Waals surface area contributed by atoms with Gasteiger partial charge in [0.2, 0.25) is 0 Å². The summed E-state index contributed by atoms with van der Waals surface area (Å²) in [6, 6.07) is 7.83. The molecule has 20 heavy (non-hydrogen) atoms. The van der Waals surface area contributed by atoms with Crippen molar-refractivity contribution in [3.05, 3.63) is 30.3 Å². The molecule has 6 nitrogen and oxygen atoms in total. The van der Waals surface area contributed by atoms with E-state index in [1.807, 2.05) is 30.3 Å². The van der Waals surface area contributed by atoms with Crippen LogP contribution in [0.25, 0.3) is 0 Å². The van der Waals surface area contributed by atoms with Crippen LogP contribution in [-0.2, 0) is 4.79 Å². The van der Waals surface area contributed by atoms with Crippen LogP contribution in [0.15, 0.2) is 30.3 Å². The summed E-state index contributed by atoms with van der Waals surface area (Å²) in [4.78, 5) is 22.5. The molecule has 1 rings (SSSR count). The number of hydrogen-bond donors (Lipinski definition) is 3. The molecule has 110 valence electrons. The zero-order chi connectivity index (χ0) is 15.0. The molecule has 0 heterocycles. The van der Waals surface area contributed by atoms with Gasteiger partial charge in [0.15, 0.2) is 0 Å². The van der Waals surface area contributed by atoms with Crippen molar-refractivity contribution in [3.63, 3.8) is 0 Å². The van der Waals surface area contributed by atoms with E-state index in [0.717, 1.165) is 5.75 Å². The fourth-order valence-electron chi connectivity index (χ4n) is 1.56. The minimum atomic E-state index is -1.05. The Morgan fingerprint density at radius 3 is 2.45 bits per heavy atom. The van der Waals surface area contributed by atoms with Gasteiger partial charge in [0.1, 0.15) is 18.4 Å². The molecule has 1 unspecified atom stereocenters. The normalized spacial score (nSPS) is 11.8. The summed E-state index contributed by atoms with van der Waals surface area (Å²) in [7, 11) is 0. The van der Waals surface area contributed by atoms with Crippen LogP contribution in [0.4, 0.5) is 4.79 Å². The van der Waals surface area contributed by atoms with Crippen molar-refractivity contribution in [2.45, 2.75) is 19.9 Å². The maximum Gasteiger partial charge on any atom is 0.326 e. The molecule has 1 atom stereocenters. The fourth-order valence-corrected chi connectivity index (χ4v) is 1.56. The number of carboxylic acid groups (broad SMARTS) is 1. The van der Waals surface area contributed by atoms with Gasteiger partial charge < -0.3 is 20.5 Å². The van der Waals surface area contributed by atoms with E-state index in [4.69, 9.17) is 9.84 Å². The Morgan fingerprint density at radius 2 is 1.90 bits per heavy atom. The molecule has 3 N–H and O–H groups in total. The number of carbonyl (C=O) groups excluding carboxylic acids is 1. The smallest absolute Gasteiger partial charge is 0.326 e. The van der Waals surface area contributed by atoms with Crippen molar-refractivity contribution in [3.8, 4) is 5.75 Å². The first-order valence-electron chi connectivity index (χ1n) is 6.45. The Labute approximate surface area is 118 Å². The summed E-state index contributed by atoms with van der Waals surface area (Å²) >= 11 is 0. The topological polar surface area (TPSA) is 87.7 Å². The van der Waals surface area contributed by atoms with E-state index < -0.39 is 18.0 Å². The standard InChI is InChI=1S/C14H20N2O4/c1-10(2)12(13(17)18)16-14(19)15-8-9-20-11-6-4-3-5-7-11/h3-7,10,12H,8-9H2,1-2H3,(H,17,18)(H2,15,16,19). The molecule has 0 aliphatic heterocycles. The SMILES string of the molecule is CC(C)C(NC(=O)NCCOc1ccccc1)C(=O)O. The van der Waals surface area contributed by atoms with Gasteiger partial charge in [0.25, 0.3) is 0 Å². The highest BCUT2D eigenvalue weighted by molar-refractivity contribution is 5.82. The number of hydrogen-bond acceptors (Lipinski definition) is 3. The highest BCUT2D eigenvalue weighted by Crippen LogP contribution is 2.07. The summed E-state index contributed by atoms with van der Waals surface area (Å²) in [5.74, 6) is -0.505. The number of carboxylic acids is 1. The van der Waals surface area contributed by atoms with E-state index >= 15 is 0 Å². The Bertz CT molecular complexity index is 434. The molecule has 0 saturated heterocycles. The number of nitrogens with one attached hydrogen (secondary N) is 2. The molecule has 0 aromatic heterocycles. The summed E-state index contributed by atoms with van der Waals surface area (Å²) in [6.45, 7) is 4.08.